The summed E-state index contributed by atoms with van der Waals surface area (Å²) in [5.41, 5.74) is 1.07. The highest BCUT2D eigenvalue weighted by Gasteiger charge is 2.07. The zero-order valence-corrected chi connectivity index (χ0v) is 11.9. The predicted octanol–water partition coefficient (Wildman–Crippen LogP) is 1.28. The Hall–Kier alpha value is -0.490. The Morgan fingerprint density at radius 2 is 2.18 bits per heavy atom. The van der Waals surface area contributed by atoms with Crippen LogP contribution >= 0.6 is 11.3 Å². The highest BCUT2D eigenvalue weighted by Crippen LogP contribution is 2.18. The Kier molecular flexibility index (Phi) is 6.05. The Balaban J connectivity index is 2.26. The standard InChI is InChI=1S/C12H23N3OS/c1-9(2)12-14-10(8-17-12)5-13-6-11(16)7-15(3)4/h8-9,11,13,16H,5-7H2,1-4H3. The van der Waals surface area contributed by atoms with Crippen LogP contribution in [0.15, 0.2) is 5.38 Å². The van der Waals surface area contributed by atoms with E-state index in [0.717, 1.165) is 12.2 Å². The number of nitrogens with one attached hydrogen (secondary N) is 1. The fourth-order valence-electron chi connectivity index (χ4n) is 1.52. The second kappa shape index (κ2) is 7.06. The Morgan fingerprint density at radius 1 is 1.47 bits per heavy atom. The molecule has 0 aliphatic heterocycles. The van der Waals surface area contributed by atoms with Gasteiger partial charge < -0.3 is 15.3 Å². The van der Waals surface area contributed by atoms with Crippen LogP contribution in [0.1, 0.15) is 30.5 Å². The van der Waals surface area contributed by atoms with Crippen LogP contribution in [0.5, 0.6) is 0 Å². The van der Waals surface area contributed by atoms with E-state index in [2.05, 4.69) is 29.5 Å². The summed E-state index contributed by atoms with van der Waals surface area (Å²) in [6, 6.07) is 0. The van der Waals surface area contributed by atoms with Gasteiger partial charge in [0.05, 0.1) is 16.8 Å². The number of likely N-dealkylation sites (N-methyl/N-ethyl adjacent to an activating group) is 1. The molecule has 0 aliphatic carbocycles. The molecule has 17 heavy (non-hydrogen) atoms. The summed E-state index contributed by atoms with van der Waals surface area (Å²) in [6.45, 7) is 6.31. The molecule has 0 spiro atoms. The van der Waals surface area contributed by atoms with Gasteiger partial charge in [-0.2, -0.15) is 0 Å². The lowest BCUT2D eigenvalue weighted by Gasteiger charge is -2.15. The van der Waals surface area contributed by atoms with Crippen LogP contribution in [0.3, 0.4) is 0 Å². The quantitative estimate of drug-likeness (QED) is 0.772. The molecule has 0 saturated carbocycles. The Bertz CT molecular complexity index is 325. The minimum atomic E-state index is -0.326. The third kappa shape index (κ3) is 5.59. The molecule has 4 nitrogen and oxygen atoms in total. The average Bonchev–Trinajstić information content (AvgIpc) is 2.65. The zero-order valence-electron chi connectivity index (χ0n) is 11.1. The molecule has 1 atom stereocenters. The molecule has 1 rings (SSSR count). The summed E-state index contributed by atoms with van der Waals surface area (Å²) in [5, 5.41) is 16.2. The highest BCUT2D eigenvalue weighted by atomic mass is 32.1. The average molecular weight is 257 g/mol. The normalized spacial score (nSPS) is 13.6. The topological polar surface area (TPSA) is 48.4 Å². The number of nitrogens with zero attached hydrogens (tertiary/aromatic N) is 2. The second-order valence-electron chi connectivity index (χ2n) is 4.88. The molecule has 1 heterocycles. The molecule has 1 aromatic rings. The first-order chi connectivity index (χ1) is 7.99. The van der Waals surface area contributed by atoms with E-state index in [4.69, 9.17) is 0 Å². The summed E-state index contributed by atoms with van der Waals surface area (Å²) >= 11 is 1.71. The lowest BCUT2D eigenvalue weighted by atomic mass is 10.2. The lowest BCUT2D eigenvalue weighted by Crippen LogP contribution is -2.34. The molecule has 2 N–H and O–H groups in total. The van der Waals surface area contributed by atoms with Crippen LogP contribution in [-0.4, -0.2) is 48.3 Å². The van der Waals surface area contributed by atoms with E-state index in [1.54, 1.807) is 11.3 Å². The van der Waals surface area contributed by atoms with E-state index < -0.39 is 0 Å². The van der Waals surface area contributed by atoms with Gasteiger partial charge in [0.15, 0.2) is 0 Å². The van der Waals surface area contributed by atoms with Crippen LogP contribution in [0.4, 0.5) is 0 Å². The highest BCUT2D eigenvalue weighted by molar-refractivity contribution is 7.09. The van der Waals surface area contributed by atoms with E-state index in [1.807, 2.05) is 19.0 Å². The number of hydrogen-bond donors (Lipinski definition) is 2. The molecule has 0 amide bonds. The first kappa shape index (κ1) is 14.6. The fourth-order valence-corrected chi connectivity index (χ4v) is 2.36. The summed E-state index contributed by atoms with van der Waals surface area (Å²) in [5.74, 6) is 0.494. The van der Waals surface area contributed by atoms with E-state index >= 15 is 0 Å². The van der Waals surface area contributed by atoms with Crippen LogP contribution in [0.2, 0.25) is 0 Å². The van der Waals surface area contributed by atoms with Crippen molar-refractivity contribution >= 4 is 11.3 Å². The zero-order chi connectivity index (χ0) is 12.8. The van der Waals surface area contributed by atoms with Gasteiger partial charge >= 0.3 is 0 Å². The largest absolute Gasteiger partial charge is 0.390 e. The first-order valence-corrected chi connectivity index (χ1v) is 6.84. The van der Waals surface area contributed by atoms with Gasteiger partial charge in [0, 0.05) is 30.9 Å². The van der Waals surface area contributed by atoms with Gasteiger partial charge in [-0.3, -0.25) is 0 Å². The van der Waals surface area contributed by atoms with Crippen molar-refractivity contribution in [3.63, 3.8) is 0 Å². The van der Waals surface area contributed by atoms with Crippen molar-refractivity contribution in [3.05, 3.63) is 16.1 Å². The van der Waals surface area contributed by atoms with Crippen molar-refractivity contribution in [2.45, 2.75) is 32.4 Å². The molecule has 0 fully saturated rings. The van der Waals surface area contributed by atoms with Crippen molar-refractivity contribution in [3.8, 4) is 0 Å². The van der Waals surface area contributed by atoms with Gasteiger partial charge in [0.1, 0.15) is 0 Å². The number of aromatic nitrogens is 1. The first-order valence-electron chi connectivity index (χ1n) is 5.97. The van der Waals surface area contributed by atoms with Gasteiger partial charge in [-0.05, 0) is 14.1 Å². The lowest BCUT2D eigenvalue weighted by molar-refractivity contribution is 0.134. The van der Waals surface area contributed by atoms with E-state index in [-0.39, 0.29) is 6.10 Å². The number of rotatable bonds is 7. The van der Waals surface area contributed by atoms with Gasteiger partial charge in [0.25, 0.3) is 0 Å². The SMILES string of the molecule is CC(C)c1nc(CNCC(O)CN(C)C)cs1. The predicted molar refractivity (Wildman–Crippen MR) is 72.5 cm³/mol. The van der Waals surface area contributed by atoms with Crippen LogP contribution in [0.25, 0.3) is 0 Å². The molecule has 0 saturated heterocycles. The van der Waals surface area contributed by atoms with Crippen molar-refractivity contribution in [1.82, 2.24) is 15.2 Å². The molecule has 1 aromatic heterocycles. The Morgan fingerprint density at radius 3 is 2.71 bits per heavy atom. The molecule has 0 aliphatic rings. The van der Waals surface area contributed by atoms with E-state index in [9.17, 15) is 5.11 Å². The third-order valence-electron chi connectivity index (χ3n) is 2.33. The third-order valence-corrected chi connectivity index (χ3v) is 3.52. The molecule has 0 aromatic carbocycles. The van der Waals surface area contributed by atoms with Crippen molar-refractivity contribution in [1.29, 1.82) is 0 Å². The van der Waals surface area contributed by atoms with Crippen molar-refractivity contribution < 1.29 is 5.11 Å². The molecule has 98 valence electrons. The molecular formula is C12H23N3OS. The number of hydrogen-bond acceptors (Lipinski definition) is 5. The maximum absolute atomic E-state index is 9.67. The van der Waals surface area contributed by atoms with Gasteiger partial charge in [0.2, 0.25) is 0 Å². The van der Waals surface area contributed by atoms with E-state index in [0.29, 0.717) is 19.0 Å². The number of aliphatic hydroxyl groups excluding tert-OH is 1. The smallest absolute Gasteiger partial charge is 0.0954 e. The summed E-state index contributed by atoms with van der Waals surface area (Å²) in [6.07, 6.45) is -0.326. The van der Waals surface area contributed by atoms with Gasteiger partial charge in [-0.15, -0.1) is 11.3 Å². The van der Waals surface area contributed by atoms with Crippen molar-refractivity contribution in [2.24, 2.45) is 0 Å². The number of thiazole rings is 1. The molecule has 1 unspecified atom stereocenters. The maximum atomic E-state index is 9.67. The fraction of sp³-hybridized carbons (Fsp3) is 0.750. The molecule has 0 radical (unpaired) electrons. The van der Waals surface area contributed by atoms with E-state index in [1.165, 1.54) is 5.01 Å². The van der Waals surface area contributed by atoms with Crippen LogP contribution < -0.4 is 5.32 Å². The van der Waals surface area contributed by atoms with Crippen molar-refractivity contribution in [2.75, 3.05) is 27.2 Å². The monoisotopic (exact) mass is 257 g/mol. The minimum Gasteiger partial charge on any atom is -0.390 e. The summed E-state index contributed by atoms with van der Waals surface area (Å²) in [7, 11) is 3.91. The molecule has 5 heteroatoms. The number of aliphatic hydroxyl groups is 1. The van der Waals surface area contributed by atoms with Crippen LogP contribution in [-0.2, 0) is 6.54 Å². The summed E-state index contributed by atoms with van der Waals surface area (Å²) in [4.78, 5) is 6.51. The second-order valence-corrected chi connectivity index (χ2v) is 5.77. The molecular weight excluding hydrogens is 234 g/mol. The maximum Gasteiger partial charge on any atom is 0.0954 e. The van der Waals surface area contributed by atoms with Crippen LogP contribution in [0, 0.1) is 0 Å². The molecule has 0 bridgehead atoms. The Labute approximate surface area is 108 Å². The van der Waals surface area contributed by atoms with Gasteiger partial charge in [-0.25, -0.2) is 4.98 Å². The minimum absolute atomic E-state index is 0.326. The van der Waals surface area contributed by atoms with Gasteiger partial charge in [-0.1, -0.05) is 13.8 Å². The summed E-state index contributed by atoms with van der Waals surface area (Å²) < 4.78 is 0.